The van der Waals surface area contributed by atoms with Crippen LogP contribution in [-0.2, 0) is 0 Å². The van der Waals surface area contributed by atoms with Gasteiger partial charge in [0.25, 0.3) is 0 Å². The Balaban J connectivity index is 3.67. The molecule has 0 aliphatic carbocycles. The Morgan fingerprint density at radius 3 is 2.15 bits per heavy atom. The molecule has 0 spiro atoms. The molecule has 76 valence electrons. The Labute approximate surface area is 80.6 Å². The lowest BCUT2D eigenvalue weighted by atomic mass is 10.1. The van der Waals surface area contributed by atoms with Gasteiger partial charge >= 0.3 is 0 Å². The molecule has 0 aromatic rings. The van der Waals surface area contributed by atoms with Gasteiger partial charge in [-0.3, -0.25) is 0 Å². The molecule has 2 unspecified atom stereocenters. The minimum atomic E-state index is -0.379. The van der Waals surface area contributed by atoms with Crippen LogP contribution in [-0.4, -0.2) is 22.4 Å². The van der Waals surface area contributed by atoms with E-state index in [1.165, 1.54) is 0 Å². The van der Waals surface area contributed by atoms with Gasteiger partial charge < -0.3 is 10.2 Å². The van der Waals surface area contributed by atoms with Crippen LogP contribution in [0.3, 0.4) is 0 Å². The van der Waals surface area contributed by atoms with E-state index in [1.54, 1.807) is 13.0 Å². The van der Waals surface area contributed by atoms with Crippen LogP contribution in [0.25, 0.3) is 0 Å². The fourth-order valence-corrected chi connectivity index (χ4v) is 0.754. The largest absolute Gasteiger partial charge is 0.393 e. The van der Waals surface area contributed by atoms with Gasteiger partial charge in [0, 0.05) is 0 Å². The van der Waals surface area contributed by atoms with E-state index in [0.717, 1.165) is 0 Å². The molecule has 0 saturated heterocycles. The lowest BCUT2D eigenvalue weighted by molar-refractivity contribution is 0.172. The summed E-state index contributed by atoms with van der Waals surface area (Å²) in [7, 11) is 0. The molecular weight excluding hydrogens is 164 g/mol. The zero-order valence-electron chi connectivity index (χ0n) is 8.64. The monoisotopic (exact) mass is 184 g/mol. The average molecular weight is 184 g/mol. The molecule has 0 bridgehead atoms. The van der Waals surface area contributed by atoms with Crippen LogP contribution in [0, 0.1) is 5.92 Å². The summed E-state index contributed by atoms with van der Waals surface area (Å²) >= 11 is 0. The fourth-order valence-electron chi connectivity index (χ4n) is 0.754. The second kappa shape index (κ2) is 6.87. The van der Waals surface area contributed by atoms with E-state index < -0.39 is 0 Å². The van der Waals surface area contributed by atoms with Gasteiger partial charge in [0.15, 0.2) is 0 Å². The van der Waals surface area contributed by atoms with Crippen molar-refractivity contribution in [3.8, 4) is 0 Å². The molecule has 0 aromatic heterocycles. The summed E-state index contributed by atoms with van der Waals surface area (Å²) < 4.78 is 0. The number of hydrogen-bond acceptors (Lipinski definition) is 2. The summed E-state index contributed by atoms with van der Waals surface area (Å²) in [6.45, 7) is 5.68. The third kappa shape index (κ3) is 7.75. The fraction of sp³-hybridized carbons (Fsp3) is 0.636. The summed E-state index contributed by atoms with van der Waals surface area (Å²) in [4.78, 5) is 0. The predicted octanol–water partition coefficient (Wildman–Crippen LogP) is 1.89. The molecule has 0 amide bonds. The van der Waals surface area contributed by atoms with Gasteiger partial charge in [-0.2, -0.15) is 0 Å². The van der Waals surface area contributed by atoms with Gasteiger partial charge in [-0.05, 0) is 19.3 Å². The highest BCUT2D eigenvalue weighted by Crippen LogP contribution is 2.02. The van der Waals surface area contributed by atoms with Crippen LogP contribution in [0.2, 0.25) is 0 Å². The van der Waals surface area contributed by atoms with Crippen LogP contribution in [0.15, 0.2) is 24.3 Å². The van der Waals surface area contributed by atoms with Gasteiger partial charge in [0.1, 0.15) is 0 Å². The minimum Gasteiger partial charge on any atom is -0.393 e. The van der Waals surface area contributed by atoms with E-state index in [-0.39, 0.29) is 18.1 Å². The highest BCUT2D eigenvalue weighted by atomic mass is 16.3. The van der Waals surface area contributed by atoms with Crippen molar-refractivity contribution in [2.75, 3.05) is 0 Å². The topological polar surface area (TPSA) is 40.5 Å². The zero-order chi connectivity index (χ0) is 10.3. The first-order valence-corrected chi connectivity index (χ1v) is 4.73. The zero-order valence-corrected chi connectivity index (χ0v) is 8.64. The van der Waals surface area contributed by atoms with Crippen molar-refractivity contribution in [3.63, 3.8) is 0 Å². The lowest BCUT2D eigenvalue weighted by Gasteiger charge is -2.07. The van der Waals surface area contributed by atoms with E-state index in [2.05, 4.69) is 0 Å². The van der Waals surface area contributed by atoms with Gasteiger partial charge in [-0.25, -0.2) is 0 Å². The first-order chi connectivity index (χ1) is 6.04. The van der Waals surface area contributed by atoms with Gasteiger partial charge in [0.05, 0.1) is 12.2 Å². The quantitative estimate of drug-likeness (QED) is 0.640. The molecule has 0 saturated carbocycles. The SMILES string of the molecule is CC(O)C/C=C/C=C/C(O)C(C)C. The highest BCUT2D eigenvalue weighted by Gasteiger charge is 2.02. The van der Waals surface area contributed by atoms with Gasteiger partial charge in [-0.1, -0.05) is 38.2 Å². The second-order valence-electron chi connectivity index (χ2n) is 3.63. The summed E-state index contributed by atoms with van der Waals surface area (Å²) in [5.41, 5.74) is 0. The first kappa shape index (κ1) is 12.4. The molecule has 0 heterocycles. The van der Waals surface area contributed by atoms with Crippen molar-refractivity contribution >= 4 is 0 Å². The molecule has 2 atom stereocenters. The Bertz CT molecular complexity index is 169. The Morgan fingerprint density at radius 1 is 1.08 bits per heavy atom. The van der Waals surface area contributed by atoms with Gasteiger partial charge in [-0.15, -0.1) is 0 Å². The van der Waals surface area contributed by atoms with Crippen molar-refractivity contribution in [2.45, 2.75) is 39.4 Å². The van der Waals surface area contributed by atoms with Crippen molar-refractivity contribution in [1.82, 2.24) is 0 Å². The van der Waals surface area contributed by atoms with Crippen LogP contribution in [0.5, 0.6) is 0 Å². The maximum Gasteiger partial charge on any atom is 0.0746 e. The number of hydrogen-bond donors (Lipinski definition) is 2. The first-order valence-electron chi connectivity index (χ1n) is 4.73. The summed E-state index contributed by atoms with van der Waals surface area (Å²) in [5, 5.41) is 18.3. The molecule has 13 heavy (non-hydrogen) atoms. The van der Waals surface area contributed by atoms with Crippen LogP contribution in [0.1, 0.15) is 27.2 Å². The standard InChI is InChI=1S/C11H20O2/c1-9(2)11(13)8-6-4-5-7-10(3)12/h4-6,8-13H,7H2,1-3H3/b5-4+,8-6+. The minimum absolute atomic E-state index is 0.251. The maximum atomic E-state index is 9.36. The Morgan fingerprint density at radius 2 is 1.69 bits per heavy atom. The molecule has 0 radical (unpaired) electrons. The summed E-state index contributed by atoms with van der Waals surface area (Å²) in [5.74, 6) is 0.251. The molecule has 2 heteroatoms. The number of aliphatic hydroxyl groups excluding tert-OH is 2. The van der Waals surface area contributed by atoms with E-state index >= 15 is 0 Å². The maximum absolute atomic E-state index is 9.36. The number of rotatable bonds is 5. The molecule has 2 nitrogen and oxygen atoms in total. The van der Waals surface area contributed by atoms with Crippen molar-refractivity contribution in [2.24, 2.45) is 5.92 Å². The van der Waals surface area contributed by atoms with E-state index in [0.29, 0.717) is 6.42 Å². The van der Waals surface area contributed by atoms with Crippen LogP contribution >= 0.6 is 0 Å². The van der Waals surface area contributed by atoms with Crippen molar-refractivity contribution in [1.29, 1.82) is 0 Å². The predicted molar refractivity (Wildman–Crippen MR) is 55.4 cm³/mol. The Hall–Kier alpha value is -0.600. The molecule has 0 rings (SSSR count). The summed E-state index contributed by atoms with van der Waals surface area (Å²) in [6.07, 6.45) is 7.28. The average Bonchev–Trinajstić information content (AvgIpc) is 2.02. The van der Waals surface area contributed by atoms with E-state index in [4.69, 9.17) is 5.11 Å². The van der Waals surface area contributed by atoms with Crippen LogP contribution in [0.4, 0.5) is 0 Å². The van der Waals surface area contributed by atoms with E-state index in [1.807, 2.05) is 32.1 Å². The van der Waals surface area contributed by atoms with E-state index in [9.17, 15) is 5.11 Å². The Kier molecular flexibility index (Phi) is 6.55. The smallest absolute Gasteiger partial charge is 0.0746 e. The highest BCUT2D eigenvalue weighted by molar-refractivity contribution is 5.05. The molecule has 0 aromatic carbocycles. The number of allylic oxidation sites excluding steroid dienone is 2. The van der Waals surface area contributed by atoms with Gasteiger partial charge in [0.2, 0.25) is 0 Å². The van der Waals surface area contributed by atoms with Crippen molar-refractivity contribution < 1.29 is 10.2 Å². The molecule has 0 fully saturated rings. The molecule has 0 aliphatic heterocycles. The molecular formula is C11H20O2. The third-order valence-electron chi connectivity index (χ3n) is 1.72. The molecule has 2 N–H and O–H groups in total. The second-order valence-corrected chi connectivity index (χ2v) is 3.63. The third-order valence-corrected chi connectivity index (χ3v) is 1.72. The molecule has 0 aliphatic rings. The lowest BCUT2D eigenvalue weighted by Crippen LogP contribution is -2.10. The normalized spacial score (nSPS) is 17.4. The van der Waals surface area contributed by atoms with Crippen molar-refractivity contribution in [3.05, 3.63) is 24.3 Å². The van der Waals surface area contributed by atoms with Crippen LogP contribution < -0.4 is 0 Å². The summed E-state index contributed by atoms with van der Waals surface area (Å²) in [6, 6.07) is 0. The number of aliphatic hydroxyl groups is 2.